The predicted molar refractivity (Wildman–Crippen MR) is 64.3 cm³/mol. The average molecular weight is 293 g/mol. The highest BCUT2D eigenvalue weighted by atomic mass is 79.9. The van der Waals surface area contributed by atoms with Crippen LogP contribution in [0, 0.1) is 0 Å². The van der Waals surface area contributed by atoms with Crippen LogP contribution in [0.4, 0.5) is 10.6 Å². The molecule has 6 heteroatoms. The SMILES string of the molecule is O=C(NCCCCl)Nc1cccc(Br)n1. The largest absolute Gasteiger partial charge is 0.338 e. The Labute approximate surface area is 102 Å². The number of carbonyl (C=O) groups is 1. The smallest absolute Gasteiger partial charge is 0.320 e. The van der Waals surface area contributed by atoms with Gasteiger partial charge >= 0.3 is 6.03 Å². The summed E-state index contributed by atoms with van der Waals surface area (Å²) in [6.45, 7) is 0.559. The van der Waals surface area contributed by atoms with Crippen molar-refractivity contribution in [2.75, 3.05) is 17.7 Å². The molecule has 0 aliphatic heterocycles. The van der Waals surface area contributed by atoms with Gasteiger partial charge in [0.2, 0.25) is 0 Å². The molecule has 2 N–H and O–H groups in total. The van der Waals surface area contributed by atoms with Crippen molar-refractivity contribution < 1.29 is 4.79 Å². The summed E-state index contributed by atoms with van der Waals surface area (Å²) in [6.07, 6.45) is 0.751. The standard InChI is InChI=1S/C9H11BrClN3O/c10-7-3-1-4-8(13-7)14-9(15)12-6-2-5-11/h1,3-4H,2,5-6H2,(H2,12,13,14,15). The van der Waals surface area contributed by atoms with Crippen molar-refractivity contribution in [2.45, 2.75) is 6.42 Å². The number of hydrogen-bond acceptors (Lipinski definition) is 2. The van der Waals surface area contributed by atoms with Crippen molar-refractivity contribution in [3.8, 4) is 0 Å². The van der Waals surface area contributed by atoms with Gasteiger partial charge in [-0.05, 0) is 34.5 Å². The maximum absolute atomic E-state index is 11.3. The Balaban J connectivity index is 2.37. The lowest BCUT2D eigenvalue weighted by Gasteiger charge is -2.05. The van der Waals surface area contributed by atoms with E-state index in [0.717, 1.165) is 6.42 Å². The van der Waals surface area contributed by atoms with Gasteiger partial charge in [0.1, 0.15) is 10.4 Å². The van der Waals surface area contributed by atoms with Gasteiger partial charge in [0.05, 0.1) is 0 Å². The first kappa shape index (κ1) is 12.3. The predicted octanol–water partition coefficient (Wildman–Crippen LogP) is 2.59. The molecule has 0 unspecified atom stereocenters. The lowest BCUT2D eigenvalue weighted by atomic mass is 10.4. The second-order valence-electron chi connectivity index (χ2n) is 2.77. The number of urea groups is 1. The molecule has 0 aliphatic carbocycles. The van der Waals surface area contributed by atoms with E-state index in [-0.39, 0.29) is 6.03 Å². The molecule has 1 rings (SSSR count). The molecule has 0 atom stereocenters. The minimum Gasteiger partial charge on any atom is -0.338 e. The Morgan fingerprint density at radius 2 is 2.33 bits per heavy atom. The Kier molecular flexibility index (Phi) is 5.42. The second-order valence-corrected chi connectivity index (χ2v) is 3.96. The number of halogens is 2. The molecule has 2 amide bonds. The third-order valence-corrected chi connectivity index (χ3v) is 2.26. The molecule has 0 fully saturated rings. The van der Waals surface area contributed by atoms with Gasteiger partial charge in [0.15, 0.2) is 0 Å². The van der Waals surface area contributed by atoms with Crippen LogP contribution in [0.1, 0.15) is 6.42 Å². The number of anilines is 1. The number of carbonyl (C=O) groups excluding carboxylic acids is 1. The van der Waals surface area contributed by atoms with Crippen LogP contribution in [0.2, 0.25) is 0 Å². The van der Waals surface area contributed by atoms with Gasteiger partial charge < -0.3 is 5.32 Å². The number of amides is 2. The van der Waals surface area contributed by atoms with Crippen molar-refractivity contribution in [3.05, 3.63) is 22.8 Å². The van der Waals surface area contributed by atoms with Crippen LogP contribution in [0.15, 0.2) is 22.8 Å². The van der Waals surface area contributed by atoms with Crippen molar-refractivity contribution in [3.63, 3.8) is 0 Å². The molecule has 1 aromatic heterocycles. The highest BCUT2D eigenvalue weighted by Gasteiger charge is 2.01. The summed E-state index contributed by atoms with van der Waals surface area (Å²) in [4.78, 5) is 15.3. The molecule has 0 saturated heterocycles. The summed E-state index contributed by atoms with van der Waals surface area (Å²) >= 11 is 8.69. The van der Waals surface area contributed by atoms with E-state index in [4.69, 9.17) is 11.6 Å². The maximum Gasteiger partial charge on any atom is 0.320 e. The fourth-order valence-electron chi connectivity index (χ4n) is 0.907. The van der Waals surface area contributed by atoms with Gasteiger partial charge in [-0.3, -0.25) is 5.32 Å². The Morgan fingerprint density at radius 3 is 3.00 bits per heavy atom. The van der Waals surface area contributed by atoms with Crippen LogP contribution in [0.3, 0.4) is 0 Å². The molecule has 15 heavy (non-hydrogen) atoms. The zero-order chi connectivity index (χ0) is 11.1. The molecule has 0 saturated carbocycles. The zero-order valence-corrected chi connectivity index (χ0v) is 10.3. The molecule has 0 bridgehead atoms. The molecule has 1 aromatic rings. The van der Waals surface area contributed by atoms with Gasteiger partial charge in [0.25, 0.3) is 0 Å². The van der Waals surface area contributed by atoms with E-state index in [1.807, 2.05) is 0 Å². The molecular formula is C9H11BrClN3O. The third-order valence-electron chi connectivity index (χ3n) is 1.55. The fraction of sp³-hybridized carbons (Fsp3) is 0.333. The molecule has 0 aliphatic rings. The summed E-state index contributed by atoms with van der Waals surface area (Å²) in [5, 5.41) is 5.27. The molecule has 82 valence electrons. The van der Waals surface area contributed by atoms with Crippen molar-refractivity contribution in [1.82, 2.24) is 10.3 Å². The van der Waals surface area contributed by atoms with Crippen LogP contribution in [0.25, 0.3) is 0 Å². The van der Waals surface area contributed by atoms with E-state index < -0.39 is 0 Å². The number of rotatable bonds is 4. The Hall–Kier alpha value is -0.810. The number of hydrogen-bond donors (Lipinski definition) is 2. The molecule has 1 heterocycles. The monoisotopic (exact) mass is 291 g/mol. The Morgan fingerprint density at radius 1 is 1.53 bits per heavy atom. The minimum atomic E-state index is -0.272. The van der Waals surface area contributed by atoms with E-state index in [1.54, 1.807) is 18.2 Å². The summed E-state index contributed by atoms with van der Waals surface area (Å²) in [6, 6.07) is 5.03. The summed E-state index contributed by atoms with van der Waals surface area (Å²) in [5.41, 5.74) is 0. The van der Waals surface area contributed by atoms with Gasteiger partial charge in [0, 0.05) is 12.4 Å². The van der Waals surface area contributed by atoms with Gasteiger partial charge in [-0.2, -0.15) is 0 Å². The van der Waals surface area contributed by atoms with Crippen LogP contribution in [-0.2, 0) is 0 Å². The van der Waals surface area contributed by atoms with E-state index in [0.29, 0.717) is 22.8 Å². The van der Waals surface area contributed by atoms with Crippen LogP contribution in [-0.4, -0.2) is 23.4 Å². The Bertz CT molecular complexity index is 335. The average Bonchev–Trinajstić information content (AvgIpc) is 2.18. The topological polar surface area (TPSA) is 54.0 Å². The zero-order valence-electron chi connectivity index (χ0n) is 7.96. The van der Waals surface area contributed by atoms with Crippen LogP contribution >= 0.6 is 27.5 Å². The number of alkyl halides is 1. The van der Waals surface area contributed by atoms with Crippen molar-refractivity contribution in [2.24, 2.45) is 0 Å². The number of pyridine rings is 1. The van der Waals surface area contributed by atoms with Crippen molar-refractivity contribution in [1.29, 1.82) is 0 Å². The number of aromatic nitrogens is 1. The molecule has 4 nitrogen and oxygen atoms in total. The number of nitrogens with zero attached hydrogens (tertiary/aromatic N) is 1. The molecule has 0 radical (unpaired) electrons. The lowest BCUT2D eigenvalue weighted by molar-refractivity contribution is 0.252. The molecule has 0 aromatic carbocycles. The highest BCUT2D eigenvalue weighted by molar-refractivity contribution is 9.10. The second kappa shape index (κ2) is 6.63. The van der Waals surface area contributed by atoms with E-state index >= 15 is 0 Å². The van der Waals surface area contributed by atoms with E-state index in [1.165, 1.54) is 0 Å². The van der Waals surface area contributed by atoms with Crippen LogP contribution in [0.5, 0.6) is 0 Å². The normalized spacial score (nSPS) is 9.73. The van der Waals surface area contributed by atoms with E-state index in [2.05, 4.69) is 31.5 Å². The molecular weight excluding hydrogens is 281 g/mol. The van der Waals surface area contributed by atoms with Crippen molar-refractivity contribution >= 4 is 39.4 Å². The minimum absolute atomic E-state index is 0.272. The molecule has 0 spiro atoms. The van der Waals surface area contributed by atoms with Crippen LogP contribution < -0.4 is 10.6 Å². The van der Waals surface area contributed by atoms with Gasteiger partial charge in [-0.1, -0.05) is 6.07 Å². The third kappa shape index (κ3) is 4.99. The van der Waals surface area contributed by atoms with Gasteiger partial charge in [-0.15, -0.1) is 11.6 Å². The first-order valence-electron chi connectivity index (χ1n) is 4.46. The van der Waals surface area contributed by atoms with Gasteiger partial charge in [-0.25, -0.2) is 9.78 Å². The summed E-state index contributed by atoms with van der Waals surface area (Å²) in [5.74, 6) is 1.04. The highest BCUT2D eigenvalue weighted by Crippen LogP contribution is 2.09. The quantitative estimate of drug-likeness (QED) is 0.509. The number of nitrogens with one attached hydrogen (secondary N) is 2. The first-order valence-corrected chi connectivity index (χ1v) is 5.78. The summed E-state index contributed by atoms with van der Waals surface area (Å²) in [7, 11) is 0. The first-order chi connectivity index (χ1) is 7.22. The lowest BCUT2D eigenvalue weighted by Crippen LogP contribution is -2.30. The summed E-state index contributed by atoms with van der Waals surface area (Å²) < 4.78 is 0.682. The van der Waals surface area contributed by atoms with E-state index in [9.17, 15) is 4.79 Å². The fourth-order valence-corrected chi connectivity index (χ4v) is 1.38. The maximum atomic E-state index is 11.3.